The van der Waals surface area contributed by atoms with E-state index in [0.717, 1.165) is 22.9 Å². The molecule has 0 radical (unpaired) electrons. The van der Waals surface area contributed by atoms with Crippen LogP contribution in [0.25, 0.3) is 6.08 Å². The van der Waals surface area contributed by atoms with Gasteiger partial charge in [-0.25, -0.2) is 4.79 Å². The Morgan fingerprint density at radius 1 is 1.06 bits per heavy atom. The van der Waals surface area contributed by atoms with Crippen LogP contribution in [-0.2, 0) is 11.4 Å². The summed E-state index contributed by atoms with van der Waals surface area (Å²) in [7, 11) is 0. The van der Waals surface area contributed by atoms with E-state index in [1.807, 2.05) is 0 Å². The largest absolute Gasteiger partial charge is 0.489 e. The second-order valence-corrected chi connectivity index (χ2v) is 8.83. The summed E-state index contributed by atoms with van der Waals surface area (Å²) in [6, 6.07) is 19.3. The fourth-order valence-electron chi connectivity index (χ4n) is 3.14. The van der Waals surface area contributed by atoms with Crippen molar-refractivity contribution >= 4 is 57.6 Å². The quantitative estimate of drug-likeness (QED) is 0.205. The Labute approximate surface area is 203 Å². The first-order valence-corrected chi connectivity index (χ1v) is 11.1. The van der Waals surface area contributed by atoms with Crippen LogP contribution in [0, 0.1) is 10.1 Å². The molecule has 0 aliphatic carbocycles. The molecule has 1 N–H and O–H groups in total. The molecule has 0 bridgehead atoms. The first kappa shape index (κ1) is 23.1. The highest BCUT2D eigenvalue weighted by atomic mass is 32.2. The average Bonchev–Trinajstić information content (AvgIpc) is 3.11. The Kier molecular flexibility index (Phi) is 6.71. The number of nitrogens with zero attached hydrogens (tertiary/aromatic N) is 2. The molecule has 1 aliphatic rings. The molecule has 0 aromatic heterocycles. The second kappa shape index (κ2) is 9.86. The molecular weight excluding hydrogens is 476 g/mol. The van der Waals surface area contributed by atoms with Crippen LogP contribution in [0.1, 0.15) is 21.5 Å². The van der Waals surface area contributed by atoms with Crippen LogP contribution in [0.15, 0.2) is 77.7 Å². The number of hydrogen-bond acceptors (Lipinski definition) is 7. The molecule has 3 aromatic carbocycles. The van der Waals surface area contributed by atoms with E-state index in [0.29, 0.717) is 20.7 Å². The number of benzene rings is 3. The van der Waals surface area contributed by atoms with Gasteiger partial charge in [0.05, 0.1) is 21.1 Å². The number of thiocarbonyl (C=S) groups is 1. The number of aromatic carboxylic acids is 1. The fraction of sp³-hybridized carbons (Fsp3) is 0.0417. The monoisotopic (exact) mass is 492 g/mol. The molecule has 0 unspecified atom stereocenters. The van der Waals surface area contributed by atoms with Gasteiger partial charge < -0.3 is 9.84 Å². The van der Waals surface area contributed by atoms with Gasteiger partial charge in [0.25, 0.3) is 11.6 Å². The highest BCUT2D eigenvalue weighted by molar-refractivity contribution is 8.27. The topological polar surface area (TPSA) is 110 Å². The number of ether oxygens (including phenoxy) is 1. The van der Waals surface area contributed by atoms with Crippen molar-refractivity contribution in [2.45, 2.75) is 6.61 Å². The molecule has 1 amide bonds. The maximum atomic E-state index is 12.9. The maximum absolute atomic E-state index is 12.9. The van der Waals surface area contributed by atoms with E-state index in [1.54, 1.807) is 42.5 Å². The number of non-ortho nitro benzene ring substituents is 1. The Balaban J connectivity index is 1.41. The minimum Gasteiger partial charge on any atom is -0.489 e. The van der Waals surface area contributed by atoms with Gasteiger partial charge in [-0.1, -0.05) is 48.2 Å². The van der Waals surface area contributed by atoms with Gasteiger partial charge in [0, 0.05) is 12.1 Å². The van der Waals surface area contributed by atoms with E-state index >= 15 is 0 Å². The Hall–Kier alpha value is -4.02. The lowest BCUT2D eigenvalue weighted by Crippen LogP contribution is -2.27. The molecule has 34 heavy (non-hydrogen) atoms. The summed E-state index contributed by atoms with van der Waals surface area (Å²) >= 11 is 6.50. The first-order valence-electron chi connectivity index (χ1n) is 9.89. The zero-order valence-electron chi connectivity index (χ0n) is 17.4. The number of anilines is 1. The summed E-state index contributed by atoms with van der Waals surface area (Å²) in [6.07, 6.45) is 1.72. The Bertz CT molecular complexity index is 1300. The predicted molar refractivity (Wildman–Crippen MR) is 133 cm³/mol. The molecule has 3 aromatic rings. The molecule has 1 heterocycles. The fourth-order valence-corrected chi connectivity index (χ4v) is 4.43. The van der Waals surface area contributed by atoms with Crippen molar-refractivity contribution in [3.63, 3.8) is 0 Å². The molecule has 170 valence electrons. The van der Waals surface area contributed by atoms with Gasteiger partial charge in [-0.05, 0) is 53.6 Å². The van der Waals surface area contributed by atoms with Gasteiger partial charge in [0.2, 0.25) is 0 Å². The van der Waals surface area contributed by atoms with Gasteiger partial charge in [-0.3, -0.25) is 19.8 Å². The number of nitro groups is 1. The number of amides is 1. The third-order valence-corrected chi connectivity index (χ3v) is 6.20. The zero-order valence-corrected chi connectivity index (χ0v) is 19.0. The average molecular weight is 493 g/mol. The van der Waals surface area contributed by atoms with E-state index in [4.69, 9.17) is 22.1 Å². The Morgan fingerprint density at radius 2 is 1.71 bits per heavy atom. The molecule has 8 nitrogen and oxygen atoms in total. The number of carboxylic acid groups (broad SMARTS) is 1. The van der Waals surface area contributed by atoms with Crippen molar-refractivity contribution in [2.24, 2.45) is 0 Å². The summed E-state index contributed by atoms with van der Waals surface area (Å²) in [5.41, 5.74) is 2.24. The van der Waals surface area contributed by atoms with Crippen LogP contribution >= 0.6 is 24.0 Å². The smallest absolute Gasteiger partial charge is 0.335 e. The zero-order chi connectivity index (χ0) is 24.2. The molecule has 0 saturated carbocycles. The molecule has 1 fully saturated rings. The van der Waals surface area contributed by atoms with Crippen LogP contribution in [0.5, 0.6) is 5.75 Å². The molecular formula is C24H16N2O6S2. The summed E-state index contributed by atoms with van der Waals surface area (Å²) in [4.78, 5) is 35.9. The summed E-state index contributed by atoms with van der Waals surface area (Å²) in [5.74, 6) is -0.653. The third-order valence-electron chi connectivity index (χ3n) is 4.90. The number of carbonyl (C=O) groups excluding carboxylic acids is 1. The maximum Gasteiger partial charge on any atom is 0.335 e. The molecule has 0 atom stereocenters. The molecule has 0 spiro atoms. The van der Waals surface area contributed by atoms with Crippen molar-refractivity contribution in [3.8, 4) is 5.75 Å². The molecule has 1 aliphatic heterocycles. The number of rotatable bonds is 7. The van der Waals surface area contributed by atoms with Crippen LogP contribution in [0.3, 0.4) is 0 Å². The van der Waals surface area contributed by atoms with Crippen LogP contribution in [-0.4, -0.2) is 26.2 Å². The number of carboxylic acids is 1. The lowest BCUT2D eigenvalue weighted by Gasteiger charge is -2.13. The Morgan fingerprint density at radius 3 is 2.29 bits per heavy atom. The highest BCUT2D eigenvalue weighted by Crippen LogP contribution is 2.36. The minimum atomic E-state index is -0.979. The molecule has 10 heteroatoms. The number of thioether (sulfide) groups is 1. The number of carbonyl (C=O) groups is 2. The van der Waals surface area contributed by atoms with Gasteiger partial charge in [-0.15, -0.1) is 0 Å². The molecule has 4 rings (SSSR count). The SMILES string of the molecule is O=C(O)c1ccc(COc2ccc(/C=C3\SC(=S)N(c4ccc([N+](=O)[O-])cc4)C3=O)cc2)cc1. The van der Waals surface area contributed by atoms with Crippen LogP contribution in [0.2, 0.25) is 0 Å². The van der Waals surface area contributed by atoms with Gasteiger partial charge in [0.1, 0.15) is 12.4 Å². The normalized spacial score (nSPS) is 14.5. The van der Waals surface area contributed by atoms with Crippen molar-refractivity contribution < 1.29 is 24.4 Å². The minimum absolute atomic E-state index is 0.0654. The van der Waals surface area contributed by atoms with Gasteiger partial charge in [-0.2, -0.15) is 0 Å². The van der Waals surface area contributed by atoms with E-state index in [1.165, 1.54) is 41.3 Å². The highest BCUT2D eigenvalue weighted by Gasteiger charge is 2.33. The summed E-state index contributed by atoms with van der Waals surface area (Å²) in [5, 5.41) is 19.8. The van der Waals surface area contributed by atoms with E-state index in [2.05, 4.69) is 0 Å². The van der Waals surface area contributed by atoms with Gasteiger partial charge in [0.15, 0.2) is 4.32 Å². The standard InChI is InChI=1S/C24H16N2O6S2/c27-22-21(34-24(33)25(22)18-7-9-19(10-8-18)26(30)31)13-15-3-11-20(12-4-15)32-14-16-1-5-17(6-2-16)23(28)29/h1-13H,14H2,(H,28,29)/b21-13-. The number of hydrogen-bond donors (Lipinski definition) is 1. The predicted octanol–water partition coefficient (Wildman–Crippen LogP) is 5.28. The third kappa shape index (κ3) is 5.13. The van der Waals surface area contributed by atoms with Crippen LogP contribution < -0.4 is 9.64 Å². The van der Waals surface area contributed by atoms with Gasteiger partial charge >= 0.3 is 5.97 Å². The summed E-state index contributed by atoms with van der Waals surface area (Å²) < 4.78 is 6.09. The lowest BCUT2D eigenvalue weighted by molar-refractivity contribution is -0.384. The lowest BCUT2D eigenvalue weighted by atomic mass is 10.1. The summed E-state index contributed by atoms with van der Waals surface area (Å²) in [6.45, 7) is 0.285. The van der Waals surface area contributed by atoms with Crippen molar-refractivity contribution in [2.75, 3.05) is 4.90 Å². The van der Waals surface area contributed by atoms with E-state index in [9.17, 15) is 19.7 Å². The van der Waals surface area contributed by atoms with Crippen molar-refractivity contribution in [1.29, 1.82) is 0 Å². The van der Waals surface area contributed by atoms with E-state index in [-0.39, 0.29) is 23.8 Å². The number of nitro benzene ring substituents is 1. The second-order valence-electron chi connectivity index (χ2n) is 7.15. The van der Waals surface area contributed by atoms with E-state index < -0.39 is 10.9 Å². The van der Waals surface area contributed by atoms with Crippen molar-refractivity contribution in [1.82, 2.24) is 0 Å². The van der Waals surface area contributed by atoms with Crippen molar-refractivity contribution in [3.05, 3.63) is 105 Å². The first-order chi connectivity index (χ1) is 16.3. The molecule has 1 saturated heterocycles. The van der Waals surface area contributed by atoms with Crippen LogP contribution in [0.4, 0.5) is 11.4 Å².